The van der Waals surface area contributed by atoms with Crippen LogP contribution in [0.5, 0.6) is 0 Å². The number of carbonyl (C=O) groups excluding carboxylic acids is 1. The van der Waals surface area contributed by atoms with Gasteiger partial charge in [0, 0.05) is 5.56 Å². The van der Waals surface area contributed by atoms with Gasteiger partial charge < -0.3 is 9.32 Å². The third-order valence-corrected chi connectivity index (χ3v) is 6.91. The number of hydrogen-bond acceptors (Lipinski definition) is 4. The van der Waals surface area contributed by atoms with Crippen LogP contribution in [0.3, 0.4) is 0 Å². The van der Waals surface area contributed by atoms with Crippen molar-refractivity contribution < 1.29 is 13.6 Å². The molecule has 6 aromatic rings. The summed E-state index contributed by atoms with van der Waals surface area (Å²) in [7, 11) is 0. The molecule has 4 aromatic carbocycles. The number of para-hydroxylation sites is 1. The molecule has 6 nitrogen and oxygen atoms in total. The smallest absolute Gasteiger partial charge is 0.266 e. The van der Waals surface area contributed by atoms with Gasteiger partial charge in [-0.2, -0.15) is 0 Å². The molecule has 39 heavy (non-hydrogen) atoms. The van der Waals surface area contributed by atoms with Crippen molar-refractivity contribution in [3.63, 3.8) is 0 Å². The van der Waals surface area contributed by atoms with E-state index in [0.717, 1.165) is 10.8 Å². The summed E-state index contributed by atoms with van der Waals surface area (Å²) in [6, 6.07) is 29.0. The molecule has 6 rings (SSSR count). The summed E-state index contributed by atoms with van der Waals surface area (Å²) in [4.78, 5) is 34.6. The minimum Gasteiger partial charge on any atom is -0.467 e. The fourth-order valence-electron chi connectivity index (χ4n) is 4.93. The van der Waals surface area contributed by atoms with Crippen molar-refractivity contribution in [1.29, 1.82) is 0 Å². The first kappa shape index (κ1) is 24.3. The van der Waals surface area contributed by atoms with Gasteiger partial charge in [0.05, 0.1) is 35.4 Å². The minimum absolute atomic E-state index is 0.155. The Balaban J connectivity index is 1.55. The van der Waals surface area contributed by atoms with Crippen LogP contribution in [0.2, 0.25) is 0 Å². The molecule has 1 amide bonds. The van der Waals surface area contributed by atoms with E-state index in [4.69, 9.17) is 9.40 Å². The largest absolute Gasteiger partial charge is 0.467 e. The summed E-state index contributed by atoms with van der Waals surface area (Å²) in [6.45, 7) is 1.99. The van der Waals surface area contributed by atoms with Gasteiger partial charge in [-0.25, -0.2) is 9.37 Å². The van der Waals surface area contributed by atoms with E-state index in [1.807, 2.05) is 49.4 Å². The molecule has 0 radical (unpaired) electrons. The average molecular weight is 518 g/mol. The lowest BCUT2D eigenvalue weighted by Crippen LogP contribution is -2.37. The third-order valence-electron chi connectivity index (χ3n) is 6.91. The molecule has 7 heteroatoms. The SMILES string of the molecule is CC(c1nc2ccccc2c(=O)n1-c1ccc(F)cc1)N(Cc1ccco1)C(=O)c1cccc2ccccc12. The van der Waals surface area contributed by atoms with Gasteiger partial charge in [-0.1, -0.05) is 48.5 Å². The number of halogens is 1. The Hall–Kier alpha value is -5.04. The van der Waals surface area contributed by atoms with Crippen molar-refractivity contribution >= 4 is 27.6 Å². The molecule has 0 bridgehead atoms. The molecule has 192 valence electrons. The molecular weight excluding hydrogens is 493 g/mol. The van der Waals surface area contributed by atoms with Crippen LogP contribution in [0, 0.1) is 5.82 Å². The van der Waals surface area contributed by atoms with Gasteiger partial charge >= 0.3 is 0 Å². The predicted octanol–water partition coefficient (Wildman–Crippen LogP) is 6.67. The number of benzene rings is 4. The van der Waals surface area contributed by atoms with Gasteiger partial charge in [0.15, 0.2) is 0 Å². The van der Waals surface area contributed by atoms with Crippen molar-refractivity contribution in [2.75, 3.05) is 0 Å². The maximum absolute atomic E-state index is 14.3. The van der Waals surface area contributed by atoms with Gasteiger partial charge in [-0.3, -0.25) is 14.2 Å². The molecule has 1 atom stereocenters. The van der Waals surface area contributed by atoms with Crippen LogP contribution in [-0.4, -0.2) is 20.4 Å². The lowest BCUT2D eigenvalue weighted by Gasteiger charge is -2.30. The van der Waals surface area contributed by atoms with E-state index in [9.17, 15) is 14.0 Å². The van der Waals surface area contributed by atoms with Crippen LogP contribution in [0.25, 0.3) is 27.4 Å². The van der Waals surface area contributed by atoms with E-state index >= 15 is 0 Å². The molecule has 0 saturated carbocycles. The number of amides is 1. The number of nitrogens with zero attached hydrogens (tertiary/aromatic N) is 3. The second kappa shape index (κ2) is 10.0. The fourth-order valence-corrected chi connectivity index (χ4v) is 4.93. The monoisotopic (exact) mass is 517 g/mol. The third kappa shape index (κ3) is 4.48. The first-order valence-electron chi connectivity index (χ1n) is 12.6. The molecule has 1 unspecified atom stereocenters. The van der Waals surface area contributed by atoms with Gasteiger partial charge in [0.25, 0.3) is 11.5 Å². The molecule has 0 fully saturated rings. The van der Waals surface area contributed by atoms with E-state index < -0.39 is 11.9 Å². The number of aromatic nitrogens is 2. The first-order chi connectivity index (χ1) is 19.0. The quantitative estimate of drug-likeness (QED) is 0.247. The highest BCUT2D eigenvalue weighted by molar-refractivity contribution is 6.07. The lowest BCUT2D eigenvalue weighted by molar-refractivity contribution is 0.0650. The van der Waals surface area contributed by atoms with Crippen molar-refractivity contribution in [1.82, 2.24) is 14.5 Å². The second-order valence-corrected chi connectivity index (χ2v) is 9.32. The van der Waals surface area contributed by atoms with Crippen molar-refractivity contribution in [2.45, 2.75) is 19.5 Å². The number of fused-ring (bicyclic) bond motifs is 2. The molecule has 2 heterocycles. The van der Waals surface area contributed by atoms with Crippen LogP contribution in [0.1, 0.15) is 34.9 Å². The number of carbonyl (C=O) groups is 1. The minimum atomic E-state index is -0.663. The summed E-state index contributed by atoms with van der Waals surface area (Å²) in [6.07, 6.45) is 1.56. The topological polar surface area (TPSA) is 68.3 Å². The normalized spacial score (nSPS) is 12.1. The highest BCUT2D eigenvalue weighted by Crippen LogP contribution is 2.29. The standard InChI is InChI=1S/C32H24FN3O3/c1-21(30-34-29-14-5-4-12-28(29)32(38)36(30)24-17-15-23(33)16-18-24)35(20-25-10-7-19-39-25)31(37)27-13-6-9-22-8-2-3-11-26(22)27/h2-19,21H,20H2,1H3. The van der Waals surface area contributed by atoms with Crippen LogP contribution in [-0.2, 0) is 6.54 Å². The van der Waals surface area contributed by atoms with Crippen molar-refractivity contribution in [3.8, 4) is 5.69 Å². The van der Waals surface area contributed by atoms with Gasteiger partial charge in [-0.15, -0.1) is 0 Å². The summed E-state index contributed by atoms with van der Waals surface area (Å²) in [5.74, 6) is 0.293. The van der Waals surface area contributed by atoms with E-state index in [2.05, 4.69) is 0 Å². The van der Waals surface area contributed by atoms with Crippen molar-refractivity contribution in [2.24, 2.45) is 0 Å². The van der Waals surface area contributed by atoms with E-state index in [1.54, 1.807) is 47.6 Å². The second-order valence-electron chi connectivity index (χ2n) is 9.32. The molecule has 0 aliphatic rings. The molecule has 0 saturated heterocycles. The molecular formula is C32H24FN3O3. The summed E-state index contributed by atoms with van der Waals surface area (Å²) in [5.41, 5.74) is 1.20. The van der Waals surface area contributed by atoms with Gasteiger partial charge in [-0.05, 0) is 72.3 Å². The predicted molar refractivity (Wildman–Crippen MR) is 148 cm³/mol. The zero-order valence-corrected chi connectivity index (χ0v) is 21.1. The molecule has 2 aromatic heterocycles. The van der Waals surface area contributed by atoms with Crippen LogP contribution in [0.15, 0.2) is 119 Å². The maximum Gasteiger partial charge on any atom is 0.266 e. The van der Waals surface area contributed by atoms with Crippen LogP contribution >= 0.6 is 0 Å². The molecule has 0 aliphatic heterocycles. The zero-order valence-electron chi connectivity index (χ0n) is 21.1. The Labute approximate surface area is 223 Å². The van der Waals surface area contributed by atoms with Crippen molar-refractivity contribution in [3.05, 3.63) is 143 Å². The Morgan fingerprint density at radius 3 is 2.38 bits per heavy atom. The Morgan fingerprint density at radius 2 is 1.62 bits per heavy atom. The molecule has 0 spiro atoms. The zero-order chi connectivity index (χ0) is 26.9. The first-order valence-corrected chi connectivity index (χ1v) is 12.6. The summed E-state index contributed by atoms with van der Waals surface area (Å²) < 4.78 is 20.9. The van der Waals surface area contributed by atoms with Crippen LogP contribution in [0.4, 0.5) is 4.39 Å². The van der Waals surface area contributed by atoms with Crippen LogP contribution < -0.4 is 5.56 Å². The molecule has 0 aliphatic carbocycles. The maximum atomic E-state index is 14.3. The summed E-state index contributed by atoms with van der Waals surface area (Å²) in [5, 5.41) is 2.20. The Morgan fingerprint density at radius 1 is 0.897 bits per heavy atom. The van der Waals surface area contributed by atoms with Gasteiger partial charge in [0.2, 0.25) is 0 Å². The summed E-state index contributed by atoms with van der Waals surface area (Å²) >= 11 is 0. The lowest BCUT2D eigenvalue weighted by atomic mass is 10.0. The van der Waals surface area contributed by atoms with E-state index in [1.165, 1.54) is 28.8 Å². The highest BCUT2D eigenvalue weighted by atomic mass is 19.1. The van der Waals surface area contributed by atoms with Gasteiger partial charge in [0.1, 0.15) is 17.4 Å². The number of furan rings is 1. The van der Waals surface area contributed by atoms with E-state index in [-0.39, 0.29) is 18.0 Å². The Kier molecular flexibility index (Phi) is 6.25. The average Bonchev–Trinajstić information content (AvgIpc) is 3.49. The highest BCUT2D eigenvalue weighted by Gasteiger charge is 2.29. The number of rotatable bonds is 6. The molecule has 0 N–H and O–H groups in total. The number of hydrogen-bond donors (Lipinski definition) is 0. The fraction of sp³-hybridized carbons (Fsp3) is 0.0938. The van der Waals surface area contributed by atoms with E-state index in [0.29, 0.717) is 33.7 Å². The Bertz CT molecular complexity index is 1860.